The second kappa shape index (κ2) is 5.60. The number of pyridine rings is 1. The molecule has 0 aliphatic rings. The van der Waals surface area contributed by atoms with Crippen molar-refractivity contribution in [3.8, 4) is 11.4 Å². The van der Waals surface area contributed by atoms with Crippen LogP contribution in [0.4, 0.5) is 0 Å². The van der Waals surface area contributed by atoms with Crippen LogP contribution in [-0.2, 0) is 0 Å². The first-order valence-electron chi connectivity index (χ1n) is 8.84. The lowest BCUT2D eigenvalue weighted by Gasteiger charge is -2.11. The van der Waals surface area contributed by atoms with Crippen molar-refractivity contribution in [1.29, 1.82) is 0 Å². The summed E-state index contributed by atoms with van der Waals surface area (Å²) in [5.74, 6) is 0. The van der Waals surface area contributed by atoms with Crippen molar-refractivity contribution in [2.45, 2.75) is 13.8 Å². The summed E-state index contributed by atoms with van der Waals surface area (Å²) in [4.78, 5) is 4.70. The first-order chi connectivity index (χ1) is 12.8. The maximum Gasteiger partial charge on any atom is 0.145 e. The smallest absolute Gasteiger partial charge is 0.145 e. The number of fused-ring (bicyclic) bond motifs is 3. The molecular formula is C23H19N3. The molecule has 126 valence electrons. The van der Waals surface area contributed by atoms with E-state index in [0.717, 1.165) is 5.65 Å². The molecule has 5 aromatic rings. The Balaban J connectivity index is 1.87. The lowest BCUT2D eigenvalue weighted by atomic mass is 10.2. The van der Waals surface area contributed by atoms with Crippen molar-refractivity contribution < 1.29 is 0 Å². The molecule has 26 heavy (non-hydrogen) atoms. The van der Waals surface area contributed by atoms with Gasteiger partial charge < -0.3 is 4.57 Å². The third kappa shape index (κ3) is 2.04. The van der Waals surface area contributed by atoms with E-state index in [0.29, 0.717) is 0 Å². The fourth-order valence-electron chi connectivity index (χ4n) is 3.99. The second-order valence-corrected chi connectivity index (χ2v) is 6.65. The number of aromatic nitrogens is 3. The normalized spacial score (nSPS) is 11.5. The van der Waals surface area contributed by atoms with Crippen LogP contribution in [0.5, 0.6) is 0 Å². The average molecular weight is 337 g/mol. The highest BCUT2D eigenvalue weighted by Crippen LogP contribution is 2.33. The Labute approximate surface area is 152 Å². The van der Waals surface area contributed by atoms with Crippen molar-refractivity contribution in [3.05, 3.63) is 90.4 Å². The Morgan fingerprint density at radius 3 is 2.31 bits per heavy atom. The van der Waals surface area contributed by atoms with Gasteiger partial charge in [-0.3, -0.25) is 4.57 Å². The van der Waals surface area contributed by atoms with Crippen LogP contribution in [0.2, 0.25) is 0 Å². The number of benzene rings is 2. The number of aryl methyl sites for hydroxylation is 1. The Morgan fingerprint density at radius 2 is 1.46 bits per heavy atom. The van der Waals surface area contributed by atoms with Gasteiger partial charge in [-0.05, 0) is 50.2 Å². The van der Waals surface area contributed by atoms with E-state index in [4.69, 9.17) is 4.98 Å². The van der Waals surface area contributed by atoms with E-state index in [-0.39, 0.29) is 0 Å². The maximum absolute atomic E-state index is 4.70. The molecule has 0 fully saturated rings. The predicted octanol–water partition coefficient (Wildman–Crippen LogP) is 5.59. The molecule has 0 radical (unpaired) electrons. The third-order valence-corrected chi connectivity index (χ3v) is 5.09. The SMILES string of the molecule is Cc1cc(-n2c3ccccc3c3cccnc32)c(C)n1-c1ccccc1. The van der Waals surface area contributed by atoms with Crippen molar-refractivity contribution in [1.82, 2.24) is 14.1 Å². The van der Waals surface area contributed by atoms with Crippen LogP contribution in [0.3, 0.4) is 0 Å². The summed E-state index contributed by atoms with van der Waals surface area (Å²) in [7, 11) is 0. The molecule has 5 rings (SSSR count). The summed E-state index contributed by atoms with van der Waals surface area (Å²) in [6, 6.07) is 25.4. The topological polar surface area (TPSA) is 22.8 Å². The summed E-state index contributed by atoms with van der Waals surface area (Å²) >= 11 is 0. The number of hydrogen-bond acceptors (Lipinski definition) is 1. The number of rotatable bonds is 2. The molecule has 3 aromatic heterocycles. The van der Waals surface area contributed by atoms with E-state index in [1.807, 2.05) is 12.3 Å². The van der Waals surface area contributed by atoms with Gasteiger partial charge in [-0.1, -0.05) is 36.4 Å². The quantitative estimate of drug-likeness (QED) is 0.412. The van der Waals surface area contributed by atoms with Gasteiger partial charge in [-0.15, -0.1) is 0 Å². The highest BCUT2D eigenvalue weighted by molar-refractivity contribution is 6.07. The number of hydrogen-bond donors (Lipinski definition) is 0. The zero-order chi connectivity index (χ0) is 17.7. The molecule has 0 unspecified atom stereocenters. The molecule has 0 spiro atoms. The van der Waals surface area contributed by atoms with Gasteiger partial charge in [0.15, 0.2) is 0 Å². The summed E-state index contributed by atoms with van der Waals surface area (Å²) in [5.41, 5.74) is 6.97. The van der Waals surface area contributed by atoms with Crippen LogP contribution >= 0.6 is 0 Å². The van der Waals surface area contributed by atoms with E-state index in [1.54, 1.807) is 0 Å². The van der Waals surface area contributed by atoms with Gasteiger partial charge in [0.2, 0.25) is 0 Å². The molecule has 3 heteroatoms. The minimum atomic E-state index is 1.00. The highest BCUT2D eigenvalue weighted by atomic mass is 15.1. The summed E-state index contributed by atoms with van der Waals surface area (Å²) in [5, 5.41) is 2.42. The standard InChI is InChI=1S/C23H19N3/c1-16-15-22(17(2)25(16)18-9-4-3-5-10-18)26-21-13-7-6-11-19(21)20-12-8-14-24-23(20)26/h3-15H,1-2H3. The lowest BCUT2D eigenvalue weighted by Crippen LogP contribution is -2.01. The second-order valence-electron chi connectivity index (χ2n) is 6.65. The van der Waals surface area contributed by atoms with Crippen LogP contribution < -0.4 is 0 Å². The monoisotopic (exact) mass is 337 g/mol. The van der Waals surface area contributed by atoms with Crippen LogP contribution in [-0.4, -0.2) is 14.1 Å². The van der Waals surface area contributed by atoms with Crippen molar-refractivity contribution in [2.75, 3.05) is 0 Å². The summed E-state index contributed by atoms with van der Waals surface area (Å²) in [6.07, 6.45) is 1.87. The van der Waals surface area contributed by atoms with Crippen molar-refractivity contribution >= 4 is 21.9 Å². The van der Waals surface area contributed by atoms with E-state index in [1.165, 1.54) is 39.1 Å². The number of nitrogens with zero attached hydrogens (tertiary/aromatic N) is 3. The Hall–Kier alpha value is -3.33. The summed E-state index contributed by atoms with van der Waals surface area (Å²) < 4.78 is 4.59. The van der Waals surface area contributed by atoms with E-state index < -0.39 is 0 Å². The minimum Gasteiger partial charge on any atom is -0.316 e. The van der Waals surface area contributed by atoms with Gasteiger partial charge in [0, 0.05) is 34.0 Å². The average Bonchev–Trinajstić information content (AvgIpc) is 3.16. The molecule has 2 aromatic carbocycles. The minimum absolute atomic E-state index is 1.00. The molecular weight excluding hydrogens is 318 g/mol. The number of para-hydroxylation sites is 2. The fourth-order valence-corrected chi connectivity index (χ4v) is 3.99. The van der Waals surface area contributed by atoms with Gasteiger partial charge in [0.05, 0.1) is 11.2 Å². The van der Waals surface area contributed by atoms with E-state index in [2.05, 4.69) is 89.7 Å². The fraction of sp³-hybridized carbons (Fsp3) is 0.0870. The Bertz CT molecular complexity index is 1190. The van der Waals surface area contributed by atoms with Crippen LogP contribution in [0, 0.1) is 13.8 Å². The molecule has 0 saturated heterocycles. The molecule has 0 bridgehead atoms. The zero-order valence-corrected chi connectivity index (χ0v) is 14.8. The molecule has 0 aliphatic carbocycles. The van der Waals surface area contributed by atoms with Gasteiger partial charge in [0.1, 0.15) is 5.65 Å². The predicted molar refractivity (Wildman–Crippen MR) is 107 cm³/mol. The highest BCUT2D eigenvalue weighted by Gasteiger charge is 2.18. The van der Waals surface area contributed by atoms with Gasteiger partial charge in [-0.25, -0.2) is 4.98 Å². The van der Waals surface area contributed by atoms with E-state index in [9.17, 15) is 0 Å². The van der Waals surface area contributed by atoms with Crippen molar-refractivity contribution in [2.24, 2.45) is 0 Å². The van der Waals surface area contributed by atoms with Crippen LogP contribution in [0.15, 0.2) is 79.0 Å². The molecule has 3 nitrogen and oxygen atoms in total. The first kappa shape index (κ1) is 15.0. The lowest BCUT2D eigenvalue weighted by molar-refractivity contribution is 0.955. The molecule has 0 saturated carbocycles. The van der Waals surface area contributed by atoms with Crippen molar-refractivity contribution in [3.63, 3.8) is 0 Å². The Morgan fingerprint density at radius 1 is 0.731 bits per heavy atom. The van der Waals surface area contributed by atoms with Crippen LogP contribution in [0.25, 0.3) is 33.3 Å². The van der Waals surface area contributed by atoms with Crippen LogP contribution in [0.1, 0.15) is 11.4 Å². The molecule has 0 aliphatic heterocycles. The van der Waals surface area contributed by atoms with Gasteiger partial charge in [0.25, 0.3) is 0 Å². The van der Waals surface area contributed by atoms with E-state index >= 15 is 0 Å². The molecule has 0 atom stereocenters. The first-order valence-corrected chi connectivity index (χ1v) is 8.84. The third-order valence-electron chi connectivity index (χ3n) is 5.09. The molecule has 0 N–H and O–H groups in total. The molecule has 3 heterocycles. The Kier molecular flexibility index (Phi) is 3.22. The molecule has 0 amide bonds. The maximum atomic E-state index is 4.70. The van der Waals surface area contributed by atoms with Gasteiger partial charge in [-0.2, -0.15) is 0 Å². The van der Waals surface area contributed by atoms with Gasteiger partial charge >= 0.3 is 0 Å². The largest absolute Gasteiger partial charge is 0.316 e. The summed E-state index contributed by atoms with van der Waals surface area (Å²) in [6.45, 7) is 4.34. The zero-order valence-electron chi connectivity index (χ0n) is 14.8.